The Bertz CT molecular complexity index is 881. The van der Waals surface area contributed by atoms with Crippen LogP contribution in [0.4, 0.5) is 5.69 Å². The van der Waals surface area contributed by atoms with Crippen LogP contribution in [0, 0.1) is 0 Å². The number of esters is 1. The molecule has 2 rings (SSSR count). The average Bonchev–Trinajstić information content (AvgIpc) is 2.72. The van der Waals surface area contributed by atoms with Crippen LogP contribution in [-0.4, -0.2) is 44.7 Å². The monoisotopic (exact) mass is 402 g/mol. The number of methoxy groups -OCH3 is 2. The summed E-state index contributed by atoms with van der Waals surface area (Å²) in [4.78, 5) is 35.2. The standard InChI is InChI=1S/C20H22N2O7/c1-12(19(24)22-14-6-9-16(26-2)17(10-14)27-3)29-20(25)13-4-7-15(8-5-13)28-11-18(21)23/h4-10,12H,11H2,1-3H3,(H2,21,23)(H,22,24)/t12-/m0/s1. The first-order valence-corrected chi connectivity index (χ1v) is 8.59. The fraction of sp³-hybridized carbons (Fsp3) is 0.250. The van der Waals surface area contributed by atoms with E-state index < -0.39 is 23.9 Å². The number of hydrogen-bond donors (Lipinski definition) is 2. The molecule has 29 heavy (non-hydrogen) atoms. The van der Waals surface area contributed by atoms with Gasteiger partial charge in [0.05, 0.1) is 19.8 Å². The van der Waals surface area contributed by atoms with Gasteiger partial charge in [0, 0.05) is 11.8 Å². The molecule has 1 atom stereocenters. The number of nitrogens with one attached hydrogen (secondary N) is 1. The number of nitrogens with two attached hydrogens (primary N) is 1. The molecule has 0 fully saturated rings. The van der Waals surface area contributed by atoms with Gasteiger partial charge in [0.25, 0.3) is 11.8 Å². The summed E-state index contributed by atoms with van der Waals surface area (Å²) in [6.45, 7) is 1.19. The lowest BCUT2D eigenvalue weighted by molar-refractivity contribution is -0.123. The van der Waals surface area contributed by atoms with E-state index in [1.54, 1.807) is 18.2 Å². The van der Waals surface area contributed by atoms with Gasteiger partial charge < -0.3 is 30.0 Å². The number of carbonyl (C=O) groups excluding carboxylic acids is 3. The van der Waals surface area contributed by atoms with Crippen molar-refractivity contribution in [3.8, 4) is 17.2 Å². The van der Waals surface area contributed by atoms with Crippen LogP contribution in [0.15, 0.2) is 42.5 Å². The maximum Gasteiger partial charge on any atom is 0.338 e. The first-order valence-electron chi connectivity index (χ1n) is 8.59. The molecular weight excluding hydrogens is 380 g/mol. The molecule has 9 nitrogen and oxygen atoms in total. The normalized spacial score (nSPS) is 11.1. The van der Waals surface area contributed by atoms with Crippen LogP contribution in [0.5, 0.6) is 17.2 Å². The van der Waals surface area contributed by atoms with Gasteiger partial charge in [-0.1, -0.05) is 0 Å². The van der Waals surface area contributed by atoms with E-state index >= 15 is 0 Å². The zero-order valence-electron chi connectivity index (χ0n) is 16.3. The molecule has 0 spiro atoms. The summed E-state index contributed by atoms with van der Waals surface area (Å²) in [6, 6.07) is 10.8. The van der Waals surface area contributed by atoms with Crippen LogP contribution < -0.4 is 25.3 Å². The van der Waals surface area contributed by atoms with E-state index in [0.717, 1.165) is 0 Å². The van der Waals surface area contributed by atoms with Gasteiger partial charge in [0.1, 0.15) is 5.75 Å². The van der Waals surface area contributed by atoms with E-state index in [-0.39, 0.29) is 12.2 Å². The highest BCUT2D eigenvalue weighted by Gasteiger charge is 2.19. The smallest absolute Gasteiger partial charge is 0.338 e. The molecule has 0 bridgehead atoms. The molecule has 0 aliphatic carbocycles. The lowest BCUT2D eigenvalue weighted by atomic mass is 10.2. The van der Waals surface area contributed by atoms with Gasteiger partial charge in [-0.3, -0.25) is 9.59 Å². The molecule has 154 valence electrons. The molecule has 0 radical (unpaired) electrons. The largest absolute Gasteiger partial charge is 0.493 e. The highest BCUT2D eigenvalue weighted by atomic mass is 16.5. The molecule has 2 aromatic rings. The number of anilines is 1. The fourth-order valence-electron chi connectivity index (χ4n) is 2.28. The Kier molecular flexibility index (Phi) is 7.41. The summed E-state index contributed by atoms with van der Waals surface area (Å²) in [6.07, 6.45) is -1.04. The minimum atomic E-state index is -1.04. The number of hydrogen-bond acceptors (Lipinski definition) is 7. The van der Waals surface area contributed by atoms with Gasteiger partial charge in [-0.15, -0.1) is 0 Å². The van der Waals surface area contributed by atoms with Crippen LogP contribution in [0.25, 0.3) is 0 Å². The minimum Gasteiger partial charge on any atom is -0.493 e. The molecule has 9 heteroatoms. The van der Waals surface area contributed by atoms with Crippen molar-refractivity contribution in [2.24, 2.45) is 5.73 Å². The van der Waals surface area contributed by atoms with Gasteiger partial charge in [-0.25, -0.2) is 4.79 Å². The average molecular weight is 402 g/mol. The molecule has 0 saturated carbocycles. The first kappa shape index (κ1) is 21.5. The summed E-state index contributed by atoms with van der Waals surface area (Å²) in [5.41, 5.74) is 5.69. The Morgan fingerprint density at radius 1 is 1.00 bits per heavy atom. The summed E-state index contributed by atoms with van der Waals surface area (Å²) in [7, 11) is 2.99. The van der Waals surface area contributed by atoms with Crippen molar-refractivity contribution in [2.75, 3.05) is 26.1 Å². The third kappa shape index (κ3) is 6.13. The predicted molar refractivity (Wildman–Crippen MR) is 104 cm³/mol. The van der Waals surface area contributed by atoms with Gasteiger partial charge >= 0.3 is 5.97 Å². The van der Waals surface area contributed by atoms with Gasteiger partial charge in [-0.2, -0.15) is 0 Å². The Morgan fingerprint density at radius 3 is 2.24 bits per heavy atom. The van der Waals surface area contributed by atoms with Crippen molar-refractivity contribution in [1.29, 1.82) is 0 Å². The van der Waals surface area contributed by atoms with Crippen molar-refractivity contribution in [1.82, 2.24) is 0 Å². The van der Waals surface area contributed by atoms with Gasteiger partial charge in [0.15, 0.2) is 24.2 Å². The highest BCUT2D eigenvalue weighted by molar-refractivity contribution is 5.97. The number of rotatable bonds is 9. The number of carbonyl (C=O) groups is 3. The maximum atomic E-state index is 12.3. The minimum absolute atomic E-state index is 0.224. The van der Waals surface area contributed by atoms with E-state index in [1.165, 1.54) is 45.4 Å². The second-order valence-corrected chi connectivity index (χ2v) is 5.89. The van der Waals surface area contributed by atoms with Crippen molar-refractivity contribution in [3.63, 3.8) is 0 Å². The topological polar surface area (TPSA) is 126 Å². The quantitative estimate of drug-likeness (QED) is 0.612. The number of amides is 2. The SMILES string of the molecule is COc1ccc(NC(=O)[C@H](C)OC(=O)c2ccc(OCC(N)=O)cc2)cc1OC. The lowest BCUT2D eigenvalue weighted by Crippen LogP contribution is -2.30. The van der Waals surface area contributed by atoms with Gasteiger partial charge in [0.2, 0.25) is 0 Å². The van der Waals surface area contributed by atoms with E-state index in [1.807, 2.05) is 0 Å². The van der Waals surface area contributed by atoms with E-state index in [9.17, 15) is 14.4 Å². The second kappa shape index (κ2) is 9.98. The Hall–Kier alpha value is -3.75. The third-order valence-corrected chi connectivity index (χ3v) is 3.78. The predicted octanol–water partition coefficient (Wildman–Crippen LogP) is 1.75. The fourth-order valence-corrected chi connectivity index (χ4v) is 2.28. The maximum absolute atomic E-state index is 12.3. The highest BCUT2D eigenvalue weighted by Crippen LogP contribution is 2.29. The molecule has 2 aromatic carbocycles. The zero-order chi connectivity index (χ0) is 21.4. The Morgan fingerprint density at radius 2 is 1.66 bits per heavy atom. The van der Waals surface area contributed by atoms with Crippen LogP contribution in [-0.2, 0) is 14.3 Å². The van der Waals surface area contributed by atoms with E-state index in [2.05, 4.69) is 5.32 Å². The van der Waals surface area contributed by atoms with Gasteiger partial charge in [-0.05, 0) is 43.3 Å². The van der Waals surface area contributed by atoms with Crippen LogP contribution in [0.3, 0.4) is 0 Å². The number of primary amides is 1. The number of benzene rings is 2. The molecule has 2 amide bonds. The summed E-state index contributed by atoms with van der Waals surface area (Å²) in [5, 5.41) is 2.65. The van der Waals surface area contributed by atoms with Crippen LogP contribution in [0.2, 0.25) is 0 Å². The molecule has 0 heterocycles. The molecule has 0 aliphatic heterocycles. The van der Waals surface area contributed by atoms with Crippen LogP contribution >= 0.6 is 0 Å². The third-order valence-electron chi connectivity index (χ3n) is 3.78. The molecule has 0 aliphatic rings. The molecule has 0 unspecified atom stereocenters. The summed E-state index contributed by atoms with van der Waals surface area (Å²) >= 11 is 0. The van der Waals surface area contributed by atoms with E-state index in [4.69, 9.17) is 24.7 Å². The van der Waals surface area contributed by atoms with Crippen molar-refractivity contribution < 1.29 is 33.3 Å². The second-order valence-electron chi connectivity index (χ2n) is 5.89. The zero-order valence-corrected chi connectivity index (χ0v) is 16.3. The first-order chi connectivity index (χ1) is 13.8. The molecule has 0 saturated heterocycles. The van der Waals surface area contributed by atoms with E-state index in [0.29, 0.717) is 22.9 Å². The van der Waals surface area contributed by atoms with Crippen molar-refractivity contribution >= 4 is 23.5 Å². The van der Waals surface area contributed by atoms with Crippen molar-refractivity contribution in [2.45, 2.75) is 13.0 Å². The Balaban J connectivity index is 1.95. The van der Waals surface area contributed by atoms with Crippen molar-refractivity contribution in [3.05, 3.63) is 48.0 Å². The summed E-state index contributed by atoms with van der Waals surface area (Å²) < 4.78 is 20.6. The number of ether oxygens (including phenoxy) is 4. The molecule has 0 aromatic heterocycles. The lowest BCUT2D eigenvalue weighted by Gasteiger charge is -2.15. The molecule has 3 N–H and O–H groups in total. The Labute approximate surface area is 167 Å². The summed E-state index contributed by atoms with van der Waals surface area (Å²) in [5.74, 6) is -0.447. The molecular formula is C20H22N2O7. The van der Waals surface area contributed by atoms with Crippen LogP contribution in [0.1, 0.15) is 17.3 Å².